The first kappa shape index (κ1) is 17.9. The van der Waals surface area contributed by atoms with Crippen LogP contribution in [0.25, 0.3) is 0 Å². The number of hydrogen-bond donors (Lipinski definition) is 1. The van der Waals surface area contributed by atoms with Gasteiger partial charge in [0, 0.05) is 6.26 Å². The van der Waals surface area contributed by atoms with Gasteiger partial charge in [0.1, 0.15) is 11.6 Å². The number of carbonyl (C=O) groups is 1. The van der Waals surface area contributed by atoms with Crippen LogP contribution in [0.3, 0.4) is 0 Å². The number of rotatable bonds is 5. The lowest BCUT2D eigenvalue weighted by Crippen LogP contribution is -2.42. The molecule has 1 amide bonds. The van der Waals surface area contributed by atoms with E-state index < -0.39 is 27.2 Å². The fourth-order valence-corrected chi connectivity index (χ4v) is 2.85. The molecule has 0 radical (unpaired) electrons. The van der Waals surface area contributed by atoms with Crippen molar-refractivity contribution in [1.82, 2.24) is 0 Å². The number of anilines is 1. The molecule has 24 heavy (non-hydrogen) atoms. The molecular formula is C17H18FNO4S. The molecule has 0 saturated heterocycles. The van der Waals surface area contributed by atoms with Gasteiger partial charge in [0.25, 0.3) is 5.91 Å². The monoisotopic (exact) mass is 351 g/mol. The fraction of sp³-hybridized carbons (Fsp3) is 0.235. The molecule has 0 unspecified atom stereocenters. The molecule has 128 valence electrons. The SMILES string of the molecule is CC(C)(Oc1ccc(F)cc1)C(=O)Nc1ccccc1S(C)(=O)=O. The van der Waals surface area contributed by atoms with Gasteiger partial charge < -0.3 is 10.1 Å². The Balaban J connectivity index is 2.21. The largest absolute Gasteiger partial charge is 0.478 e. The highest BCUT2D eigenvalue weighted by molar-refractivity contribution is 7.90. The van der Waals surface area contributed by atoms with Crippen molar-refractivity contribution in [3.63, 3.8) is 0 Å². The molecule has 0 atom stereocenters. The molecule has 2 rings (SSSR count). The lowest BCUT2D eigenvalue weighted by Gasteiger charge is -2.25. The van der Waals surface area contributed by atoms with Crippen LogP contribution in [0.4, 0.5) is 10.1 Å². The van der Waals surface area contributed by atoms with Gasteiger partial charge in [-0.2, -0.15) is 0 Å². The van der Waals surface area contributed by atoms with Gasteiger partial charge in [-0.1, -0.05) is 12.1 Å². The van der Waals surface area contributed by atoms with E-state index in [9.17, 15) is 17.6 Å². The van der Waals surface area contributed by atoms with Crippen LogP contribution in [0.15, 0.2) is 53.4 Å². The lowest BCUT2D eigenvalue weighted by atomic mass is 10.1. The Labute approximate surface area is 140 Å². The van der Waals surface area contributed by atoms with Crippen molar-refractivity contribution in [2.75, 3.05) is 11.6 Å². The molecule has 0 fully saturated rings. The van der Waals surface area contributed by atoms with Crippen molar-refractivity contribution < 1.29 is 22.3 Å². The summed E-state index contributed by atoms with van der Waals surface area (Å²) in [5.41, 5.74) is -1.11. The van der Waals surface area contributed by atoms with Gasteiger partial charge >= 0.3 is 0 Å². The summed E-state index contributed by atoms with van der Waals surface area (Å²) in [4.78, 5) is 12.5. The molecule has 0 bridgehead atoms. The van der Waals surface area contributed by atoms with E-state index in [1.807, 2.05) is 0 Å². The summed E-state index contributed by atoms with van der Waals surface area (Å²) in [6, 6.07) is 11.4. The van der Waals surface area contributed by atoms with E-state index in [0.717, 1.165) is 6.26 Å². The topological polar surface area (TPSA) is 72.5 Å². The van der Waals surface area contributed by atoms with Crippen LogP contribution in [0.5, 0.6) is 5.75 Å². The average molecular weight is 351 g/mol. The van der Waals surface area contributed by atoms with Crippen molar-refractivity contribution in [2.24, 2.45) is 0 Å². The third kappa shape index (κ3) is 4.32. The van der Waals surface area contributed by atoms with Gasteiger partial charge in [-0.3, -0.25) is 4.79 Å². The zero-order valence-corrected chi connectivity index (χ0v) is 14.4. The second-order valence-electron chi connectivity index (χ2n) is 5.79. The van der Waals surface area contributed by atoms with E-state index in [4.69, 9.17) is 4.74 Å². The lowest BCUT2D eigenvalue weighted by molar-refractivity contribution is -0.128. The smallest absolute Gasteiger partial charge is 0.268 e. The predicted octanol–water partition coefficient (Wildman–Crippen LogP) is 3.03. The standard InChI is InChI=1S/C17H18FNO4S/c1-17(2,23-13-10-8-12(18)9-11-13)16(20)19-14-6-4-5-7-15(14)24(3,21)22/h4-11H,1-3H3,(H,19,20). The number of carbonyl (C=O) groups excluding carboxylic acids is 1. The van der Waals surface area contributed by atoms with Crippen molar-refractivity contribution in [2.45, 2.75) is 24.3 Å². The first-order valence-electron chi connectivity index (χ1n) is 7.15. The minimum Gasteiger partial charge on any atom is -0.478 e. The number of halogens is 1. The number of sulfone groups is 1. The number of ether oxygens (including phenoxy) is 1. The van der Waals surface area contributed by atoms with E-state index in [2.05, 4.69) is 5.32 Å². The molecule has 0 aliphatic carbocycles. The molecule has 2 aromatic rings. The molecule has 5 nitrogen and oxygen atoms in total. The molecule has 0 saturated carbocycles. The van der Waals surface area contributed by atoms with E-state index in [0.29, 0.717) is 5.75 Å². The van der Waals surface area contributed by atoms with Gasteiger partial charge in [-0.05, 0) is 50.2 Å². The highest BCUT2D eigenvalue weighted by atomic mass is 32.2. The van der Waals surface area contributed by atoms with Gasteiger partial charge in [0.2, 0.25) is 0 Å². The van der Waals surface area contributed by atoms with Crippen LogP contribution in [0.2, 0.25) is 0 Å². The van der Waals surface area contributed by atoms with Crippen LogP contribution in [-0.2, 0) is 14.6 Å². The zero-order chi connectivity index (χ0) is 18.0. The number of benzene rings is 2. The highest BCUT2D eigenvalue weighted by Gasteiger charge is 2.31. The maximum atomic E-state index is 12.9. The third-order valence-electron chi connectivity index (χ3n) is 3.27. The Morgan fingerprint density at radius 3 is 2.25 bits per heavy atom. The van der Waals surface area contributed by atoms with Crippen LogP contribution in [0.1, 0.15) is 13.8 Å². The first-order valence-corrected chi connectivity index (χ1v) is 9.04. The molecule has 0 aliphatic rings. The van der Waals surface area contributed by atoms with Crippen molar-refractivity contribution >= 4 is 21.4 Å². The van der Waals surface area contributed by atoms with Crippen LogP contribution < -0.4 is 10.1 Å². The summed E-state index contributed by atoms with van der Waals surface area (Å²) in [5.74, 6) is -0.609. The number of nitrogens with one attached hydrogen (secondary N) is 1. The Kier molecular flexibility index (Phi) is 4.94. The van der Waals surface area contributed by atoms with Crippen molar-refractivity contribution in [3.05, 3.63) is 54.3 Å². The highest BCUT2D eigenvalue weighted by Crippen LogP contribution is 2.24. The summed E-state index contributed by atoms with van der Waals surface area (Å²) in [7, 11) is -3.49. The molecule has 0 spiro atoms. The zero-order valence-electron chi connectivity index (χ0n) is 13.5. The Bertz CT molecular complexity index is 845. The van der Waals surface area contributed by atoms with Crippen LogP contribution >= 0.6 is 0 Å². The third-order valence-corrected chi connectivity index (χ3v) is 4.42. The second kappa shape index (κ2) is 6.60. The summed E-state index contributed by atoms with van der Waals surface area (Å²) >= 11 is 0. The maximum Gasteiger partial charge on any atom is 0.268 e. The molecule has 7 heteroatoms. The van der Waals surface area contributed by atoms with E-state index >= 15 is 0 Å². The van der Waals surface area contributed by atoms with E-state index in [1.54, 1.807) is 12.1 Å². The normalized spacial score (nSPS) is 11.8. The molecular weight excluding hydrogens is 333 g/mol. The number of hydrogen-bond acceptors (Lipinski definition) is 4. The Morgan fingerprint density at radius 1 is 1.08 bits per heavy atom. The minimum absolute atomic E-state index is 0.0240. The van der Waals surface area contributed by atoms with Gasteiger partial charge in [-0.15, -0.1) is 0 Å². The quantitative estimate of drug-likeness (QED) is 0.899. The molecule has 0 aromatic heterocycles. The maximum absolute atomic E-state index is 12.9. The number of para-hydroxylation sites is 1. The predicted molar refractivity (Wildman–Crippen MR) is 89.3 cm³/mol. The second-order valence-corrected chi connectivity index (χ2v) is 7.77. The molecule has 2 aromatic carbocycles. The average Bonchev–Trinajstić information content (AvgIpc) is 2.49. The fourth-order valence-electron chi connectivity index (χ4n) is 2.01. The Hall–Kier alpha value is -2.41. The number of amides is 1. The minimum atomic E-state index is -3.49. The summed E-state index contributed by atoms with van der Waals surface area (Å²) < 4.78 is 42.1. The van der Waals surface area contributed by atoms with Gasteiger partial charge in [0.15, 0.2) is 15.4 Å². The van der Waals surface area contributed by atoms with Gasteiger partial charge in [0.05, 0.1) is 10.6 Å². The van der Waals surface area contributed by atoms with E-state index in [1.165, 1.54) is 50.2 Å². The van der Waals surface area contributed by atoms with Crippen LogP contribution in [0, 0.1) is 5.82 Å². The van der Waals surface area contributed by atoms with Crippen molar-refractivity contribution in [3.8, 4) is 5.75 Å². The summed E-state index contributed by atoms with van der Waals surface area (Å²) in [6.45, 7) is 3.07. The van der Waals surface area contributed by atoms with Crippen LogP contribution in [-0.4, -0.2) is 26.2 Å². The summed E-state index contributed by atoms with van der Waals surface area (Å²) in [5, 5.41) is 2.57. The summed E-state index contributed by atoms with van der Waals surface area (Å²) in [6.07, 6.45) is 1.07. The van der Waals surface area contributed by atoms with Crippen molar-refractivity contribution in [1.29, 1.82) is 0 Å². The molecule has 1 N–H and O–H groups in total. The Morgan fingerprint density at radius 2 is 1.67 bits per heavy atom. The molecule has 0 aliphatic heterocycles. The van der Waals surface area contributed by atoms with Gasteiger partial charge in [-0.25, -0.2) is 12.8 Å². The molecule has 0 heterocycles. The van der Waals surface area contributed by atoms with E-state index in [-0.39, 0.29) is 10.6 Å². The first-order chi connectivity index (χ1) is 11.1.